The molecule has 0 bridgehead atoms. The lowest BCUT2D eigenvalue weighted by molar-refractivity contribution is -0.137. The van der Waals surface area contributed by atoms with Crippen molar-refractivity contribution >= 4 is 17.6 Å². The fourth-order valence-corrected chi connectivity index (χ4v) is 2.96. The molecule has 1 atom stereocenters. The first-order valence-electron chi connectivity index (χ1n) is 8.83. The van der Waals surface area contributed by atoms with Gasteiger partial charge >= 0.3 is 5.97 Å². The summed E-state index contributed by atoms with van der Waals surface area (Å²) in [6.07, 6.45) is 3.98. The van der Waals surface area contributed by atoms with Gasteiger partial charge in [0.15, 0.2) is 0 Å². The van der Waals surface area contributed by atoms with Gasteiger partial charge in [-0.1, -0.05) is 37.8 Å². The zero-order chi connectivity index (χ0) is 18.7. The summed E-state index contributed by atoms with van der Waals surface area (Å²) in [4.78, 5) is 11.3. The Morgan fingerprint density at radius 1 is 1.20 bits per heavy atom. The number of rotatable bonds is 13. The van der Waals surface area contributed by atoms with Crippen LogP contribution in [0.15, 0.2) is 12.1 Å². The number of aliphatic carboxylic acids is 1. The van der Waals surface area contributed by atoms with Gasteiger partial charge in [0, 0.05) is 12.7 Å². The highest BCUT2D eigenvalue weighted by Gasteiger charge is 2.21. The lowest BCUT2D eigenvalue weighted by Gasteiger charge is -2.20. The van der Waals surface area contributed by atoms with Gasteiger partial charge in [0.2, 0.25) is 0 Å². The Kier molecular flexibility index (Phi) is 10.3. The molecule has 5 nitrogen and oxygen atoms in total. The van der Waals surface area contributed by atoms with E-state index in [4.69, 9.17) is 25.8 Å². The van der Waals surface area contributed by atoms with Crippen molar-refractivity contribution in [1.29, 1.82) is 0 Å². The predicted molar refractivity (Wildman–Crippen MR) is 99.1 cm³/mol. The van der Waals surface area contributed by atoms with Gasteiger partial charge in [-0.15, -0.1) is 0 Å². The summed E-state index contributed by atoms with van der Waals surface area (Å²) in [5.41, 5.74) is 0.822. The number of carboxylic acids is 1. The maximum Gasteiger partial charge on any atom is 0.303 e. The van der Waals surface area contributed by atoms with E-state index in [1.807, 2.05) is 6.92 Å². The molecular formula is C19H29ClO5. The Morgan fingerprint density at radius 3 is 2.56 bits per heavy atom. The van der Waals surface area contributed by atoms with Gasteiger partial charge in [-0.2, -0.15) is 0 Å². The highest BCUT2D eigenvalue weighted by molar-refractivity contribution is 6.32. The number of hydrogen-bond acceptors (Lipinski definition) is 4. The molecule has 0 heterocycles. The van der Waals surface area contributed by atoms with E-state index in [-0.39, 0.29) is 12.3 Å². The maximum absolute atomic E-state index is 11.3. The van der Waals surface area contributed by atoms with Crippen LogP contribution in [-0.2, 0) is 9.53 Å². The summed E-state index contributed by atoms with van der Waals surface area (Å²) in [6, 6.07) is 3.51. The molecule has 0 saturated heterocycles. The summed E-state index contributed by atoms with van der Waals surface area (Å²) in [6.45, 7) is 5.55. The van der Waals surface area contributed by atoms with Crippen molar-refractivity contribution in [2.75, 3.05) is 26.9 Å². The number of methoxy groups -OCH3 is 1. The van der Waals surface area contributed by atoms with Crippen LogP contribution in [0.4, 0.5) is 0 Å². The largest absolute Gasteiger partial charge is 0.496 e. The van der Waals surface area contributed by atoms with Gasteiger partial charge in [-0.25, -0.2) is 0 Å². The molecule has 0 aliphatic carbocycles. The Balaban J connectivity index is 2.97. The van der Waals surface area contributed by atoms with Crippen LogP contribution in [0.2, 0.25) is 5.02 Å². The van der Waals surface area contributed by atoms with Crippen LogP contribution in [0.3, 0.4) is 0 Å². The summed E-state index contributed by atoms with van der Waals surface area (Å²) >= 11 is 6.34. The smallest absolute Gasteiger partial charge is 0.303 e. The number of ether oxygens (including phenoxy) is 3. The molecule has 0 aromatic heterocycles. The first kappa shape index (κ1) is 21.6. The van der Waals surface area contributed by atoms with E-state index < -0.39 is 5.97 Å². The minimum Gasteiger partial charge on any atom is -0.496 e. The quantitative estimate of drug-likeness (QED) is 0.499. The predicted octanol–water partition coefficient (Wildman–Crippen LogP) is 4.90. The van der Waals surface area contributed by atoms with Gasteiger partial charge in [0.05, 0.1) is 25.2 Å². The summed E-state index contributed by atoms with van der Waals surface area (Å²) in [5, 5.41) is 9.70. The van der Waals surface area contributed by atoms with Crippen LogP contribution in [-0.4, -0.2) is 38.0 Å². The molecule has 25 heavy (non-hydrogen) atoms. The van der Waals surface area contributed by atoms with Gasteiger partial charge in [0.1, 0.15) is 18.1 Å². The molecule has 1 aromatic rings. The van der Waals surface area contributed by atoms with Gasteiger partial charge in [-0.3, -0.25) is 4.79 Å². The second-order valence-corrected chi connectivity index (χ2v) is 6.27. The van der Waals surface area contributed by atoms with Gasteiger partial charge < -0.3 is 19.3 Å². The van der Waals surface area contributed by atoms with Crippen molar-refractivity contribution in [1.82, 2.24) is 0 Å². The number of unbranched alkanes of at least 4 members (excludes halogenated alkanes) is 2. The van der Waals surface area contributed by atoms with Gasteiger partial charge in [-0.05, 0) is 30.9 Å². The van der Waals surface area contributed by atoms with Crippen molar-refractivity contribution in [3.63, 3.8) is 0 Å². The highest BCUT2D eigenvalue weighted by Crippen LogP contribution is 2.39. The molecule has 0 aliphatic heterocycles. The lowest BCUT2D eigenvalue weighted by Crippen LogP contribution is -2.10. The van der Waals surface area contributed by atoms with Crippen molar-refractivity contribution in [2.45, 2.75) is 51.9 Å². The number of benzene rings is 1. The molecule has 6 heteroatoms. The molecule has 1 aromatic carbocycles. The fourth-order valence-electron chi connectivity index (χ4n) is 2.73. The molecule has 0 amide bonds. The Labute approximate surface area is 155 Å². The van der Waals surface area contributed by atoms with Crippen molar-refractivity contribution < 1.29 is 24.1 Å². The number of carbonyl (C=O) groups is 1. The van der Waals surface area contributed by atoms with E-state index in [1.165, 1.54) is 0 Å². The monoisotopic (exact) mass is 372 g/mol. The Hall–Kier alpha value is -1.46. The second kappa shape index (κ2) is 12.0. The number of halogens is 1. The Morgan fingerprint density at radius 2 is 1.96 bits per heavy atom. The molecular weight excluding hydrogens is 344 g/mol. The first-order valence-corrected chi connectivity index (χ1v) is 9.20. The van der Waals surface area contributed by atoms with E-state index in [1.54, 1.807) is 19.2 Å². The average molecular weight is 373 g/mol. The third-order valence-electron chi connectivity index (χ3n) is 3.99. The summed E-state index contributed by atoms with van der Waals surface area (Å²) in [5.74, 6) is 0.175. The van der Waals surface area contributed by atoms with Crippen LogP contribution in [0.5, 0.6) is 11.5 Å². The second-order valence-electron chi connectivity index (χ2n) is 5.86. The van der Waals surface area contributed by atoms with Crippen LogP contribution in [0.1, 0.15) is 57.4 Å². The highest BCUT2D eigenvalue weighted by atomic mass is 35.5. The molecule has 0 saturated carbocycles. The lowest BCUT2D eigenvalue weighted by atomic mass is 9.89. The van der Waals surface area contributed by atoms with Crippen LogP contribution >= 0.6 is 11.6 Å². The third-order valence-corrected chi connectivity index (χ3v) is 4.29. The average Bonchev–Trinajstić information content (AvgIpc) is 2.58. The summed E-state index contributed by atoms with van der Waals surface area (Å²) < 4.78 is 16.4. The SMILES string of the molecule is CCCCCC(CC(=O)O)c1cc(Cl)c(OCCOCC)cc1OC. The maximum atomic E-state index is 11.3. The van der Waals surface area contributed by atoms with Crippen molar-refractivity contribution in [3.05, 3.63) is 22.7 Å². The third kappa shape index (κ3) is 7.53. The molecule has 1 N–H and O–H groups in total. The van der Waals surface area contributed by atoms with Crippen molar-refractivity contribution in [2.24, 2.45) is 0 Å². The van der Waals surface area contributed by atoms with Gasteiger partial charge in [0.25, 0.3) is 0 Å². The zero-order valence-corrected chi connectivity index (χ0v) is 16.1. The van der Waals surface area contributed by atoms with Crippen LogP contribution < -0.4 is 9.47 Å². The van der Waals surface area contributed by atoms with E-state index in [9.17, 15) is 9.90 Å². The molecule has 0 spiro atoms. The normalized spacial score (nSPS) is 12.0. The van der Waals surface area contributed by atoms with E-state index in [0.717, 1.165) is 31.2 Å². The van der Waals surface area contributed by atoms with E-state index in [0.29, 0.717) is 36.3 Å². The first-order chi connectivity index (χ1) is 12.0. The van der Waals surface area contributed by atoms with Crippen LogP contribution in [0.25, 0.3) is 0 Å². The topological polar surface area (TPSA) is 65.0 Å². The molecule has 0 radical (unpaired) electrons. The Bertz CT molecular complexity index is 533. The zero-order valence-electron chi connectivity index (χ0n) is 15.3. The fraction of sp³-hybridized carbons (Fsp3) is 0.632. The molecule has 1 unspecified atom stereocenters. The minimum atomic E-state index is -0.822. The minimum absolute atomic E-state index is 0.0565. The molecule has 0 fully saturated rings. The van der Waals surface area contributed by atoms with Crippen LogP contribution in [0, 0.1) is 0 Å². The van der Waals surface area contributed by atoms with E-state index in [2.05, 4.69) is 6.92 Å². The number of hydrogen-bond donors (Lipinski definition) is 1. The van der Waals surface area contributed by atoms with E-state index >= 15 is 0 Å². The molecule has 0 aliphatic rings. The summed E-state index contributed by atoms with van der Waals surface area (Å²) in [7, 11) is 1.57. The number of carboxylic acid groups (broad SMARTS) is 1. The standard InChI is InChI=1S/C19H29ClO5/c1-4-6-7-8-14(11-19(21)22)15-12-16(20)18(13-17(15)23-3)25-10-9-24-5-2/h12-14H,4-11H2,1-3H3,(H,21,22). The molecule has 1 rings (SSSR count). The molecule has 142 valence electrons. The van der Waals surface area contributed by atoms with Crippen molar-refractivity contribution in [3.8, 4) is 11.5 Å².